The Morgan fingerprint density at radius 2 is 2.00 bits per heavy atom. The highest BCUT2D eigenvalue weighted by molar-refractivity contribution is 6.05. The maximum atomic E-state index is 12.9. The summed E-state index contributed by atoms with van der Waals surface area (Å²) in [6, 6.07) is 11.2. The van der Waals surface area contributed by atoms with Crippen molar-refractivity contribution in [2.45, 2.75) is 6.42 Å². The first-order valence-corrected chi connectivity index (χ1v) is 7.13. The van der Waals surface area contributed by atoms with Crippen molar-refractivity contribution in [3.8, 4) is 0 Å². The molecular weight excluding hydrogens is 311 g/mol. The van der Waals surface area contributed by atoms with E-state index in [1.54, 1.807) is 30.3 Å². The van der Waals surface area contributed by atoms with Crippen molar-refractivity contribution >= 4 is 11.5 Å². The fourth-order valence-electron chi connectivity index (χ4n) is 2.12. The van der Waals surface area contributed by atoms with Gasteiger partial charge in [0.1, 0.15) is 23.6 Å². The number of aromatic nitrogens is 4. The monoisotopic (exact) mass is 324 g/mol. The summed E-state index contributed by atoms with van der Waals surface area (Å²) in [5.41, 5.74) is 1.84. The van der Waals surface area contributed by atoms with E-state index in [0.29, 0.717) is 12.1 Å². The van der Waals surface area contributed by atoms with Crippen LogP contribution >= 0.6 is 0 Å². The van der Waals surface area contributed by atoms with Gasteiger partial charge >= 0.3 is 0 Å². The van der Waals surface area contributed by atoms with Gasteiger partial charge in [0.05, 0.1) is 0 Å². The molecule has 0 aliphatic heterocycles. The molecule has 0 atom stereocenters. The first-order chi connectivity index (χ1) is 11.6. The number of aromatic amines is 1. The maximum Gasteiger partial charge on any atom is 0.226 e. The Bertz CT molecular complexity index is 874. The van der Waals surface area contributed by atoms with Crippen LogP contribution in [0.5, 0.6) is 0 Å². The Labute approximate surface area is 136 Å². The molecule has 120 valence electrons. The number of pyridine rings is 1. The number of benzene rings is 1. The van der Waals surface area contributed by atoms with Gasteiger partial charge in [0.25, 0.3) is 0 Å². The highest BCUT2D eigenvalue weighted by Gasteiger charge is 2.10. The third-order valence-corrected chi connectivity index (χ3v) is 3.28. The lowest BCUT2D eigenvalue weighted by Gasteiger charge is -2.04. The molecule has 7 heteroatoms. The Morgan fingerprint density at radius 1 is 1.21 bits per heavy atom. The maximum absolute atomic E-state index is 12.9. The van der Waals surface area contributed by atoms with Crippen molar-refractivity contribution in [1.82, 2.24) is 20.2 Å². The van der Waals surface area contributed by atoms with E-state index in [1.165, 1.54) is 18.5 Å². The summed E-state index contributed by atoms with van der Waals surface area (Å²) in [4.78, 5) is 19.9. The topological polar surface area (TPSA) is 91.8 Å². The molecule has 2 N–H and O–H groups in total. The summed E-state index contributed by atoms with van der Waals surface area (Å²) < 4.78 is 12.9. The summed E-state index contributed by atoms with van der Waals surface area (Å²) in [5, 5.41) is 16.1. The van der Waals surface area contributed by atoms with Crippen LogP contribution in [0.3, 0.4) is 0 Å². The molecule has 0 saturated carbocycles. The predicted molar refractivity (Wildman–Crippen MR) is 84.8 cm³/mol. The number of hydrogen-bond donors (Lipinski definition) is 2. The molecule has 0 bridgehead atoms. The van der Waals surface area contributed by atoms with Crippen molar-refractivity contribution in [2.24, 2.45) is 0 Å². The van der Waals surface area contributed by atoms with Gasteiger partial charge in [-0.15, -0.1) is 0 Å². The number of allylic oxidation sites excluding steroid dienone is 1. The number of hydrogen-bond acceptors (Lipinski definition) is 5. The van der Waals surface area contributed by atoms with E-state index in [2.05, 4.69) is 20.2 Å². The first-order valence-electron chi connectivity index (χ1n) is 7.13. The molecule has 6 nitrogen and oxygen atoms in total. The summed E-state index contributed by atoms with van der Waals surface area (Å²) in [6.45, 7) is 0. The lowest BCUT2D eigenvalue weighted by atomic mass is 10.1. The van der Waals surface area contributed by atoms with Crippen LogP contribution in [0.15, 0.2) is 54.9 Å². The molecule has 0 amide bonds. The van der Waals surface area contributed by atoms with Gasteiger partial charge in [-0.25, -0.2) is 14.4 Å². The number of rotatable bonds is 5. The molecule has 0 aliphatic rings. The lowest BCUT2D eigenvalue weighted by Crippen LogP contribution is -2.01. The minimum absolute atomic E-state index is 0.0315. The third kappa shape index (κ3) is 3.70. The van der Waals surface area contributed by atoms with Gasteiger partial charge in [-0.1, -0.05) is 18.2 Å². The molecule has 24 heavy (non-hydrogen) atoms. The quantitative estimate of drug-likeness (QED) is 0.428. The van der Waals surface area contributed by atoms with Gasteiger partial charge in [-0.2, -0.15) is 5.10 Å². The van der Waals surface area contributed by atoms with Crippen LogP contribution in [-0.4, -0.2) is 31.1 Å². The Hall–Kier alpha value is -3.35. The smallest absolute Gasteiger partial charge is 0.226 e. The van der Waals surface area contributed by atoms with Gasteiger partial charge < -0.3 is 5.11 Å². The van der Waals surface area contributed by atoms with E-state index < -0.39 is 5.78 Å². The fraction of sp³-hybridized carbons (Fsp3) is 0.0588. The number of aliphatic hydroxyl groups excluding tert-OH is 1. The number of nitrogens with zero attached hydrogens (tertiary/aromatic N) is 3. The van der Waals surface area contributed by atoms with E-state index in [-0.39, 0.29) is 23.1 Å². The minimum Gasteiger partial charge on any atom is -0.506 e. The zero-order valence-electron chi connectivity index (χ0n) is 12.5. The van der Waals surface area contributed by atoms with Crippen molar-refractivity contribution in [1.29, 1.82) is 0 Å². The summed E-state index contributed by atoms with van der Waals surface area (Å²) in [7, 11) is 0. The average molecular weight is 324 g/mol. The lowest BCUT2D eigenvalue weighted by molar-refractivity contribution is 0.103. The van der Waals surface area contributed by atoms with Crippen LogP contribution in [0.25, 0.3) is 5.76 Å². The Balaban J connectivity index is 1.79. The van der Waals surface area contributed by atoms with Gasteiger partial charge in [-0.05, 0) is 29.8 Å². The van der Waals surface area contributed by atoms with Crippen LogP contribution in [0, 0.1) is 5.82 Å². The average Bonchev–Trinajstić information content (AvgIpc) is 3.12. The molecule has 3 rings (SSSR count). The second-order valence-corrected chi connectivity index (χ2v) is 5.05. The molecule has 0 aliphatic carbocycles. The summed E-state index contributed by atoms with van der Waals surface area (Å²) >= 11 is 0. The van der Waals surface area contributed by atoms with Gasteiger partial charge in [0.15, 0.2) is 5.82 Å². The number of aliphatic hydroxyl groups is 1. The number of ketones is 1. The van der Waals surface area contributed by atoms with Crippen molar-refractivity contribution in [3.63, 3.8) is 0 Å². The normalized spacial score (nSPS) is 11.5. The number of nitrogens with one attached hydrogen (secondary N) is 1. The molecule has 3 aromatic rings. The summed E-state index contributed by atoms with van der Waals surface area (Å²) in [5.74, 6) is -1.04. The number of carbonyl (C=O) groups excluding carboxylic acids is 1. The van der Waals surface area contributed by atoms with Crippen molar-refractivity contribution in [2.75, 3.05) is 0 Å². The van der Waals surface area contributed by atoms with E-state index in [1.807, 2.05) is 0 Å². The SMILES string of the molecule is O=C(C=C(O)c1cccc(Cc2ccc(F)cc2)n1)c1ncn[nH]1. The van der Waals surface area contributed by atoms with E-state index >= 15 is 0 Å². The number of H-pyrrole nitrogens is 1. The molecular formula is C17H13FN4O2. The minimum atomic E-state index is -0.504. The van der Waals surface area contributed by atoms with Crippen LogP contribution in [0.1, 0.15) is 27.6 Å². The fourth-order valence-corrected chi connectivity index (χ4v) is 2.12. The van der Waals surface area contributed by atoms with E-state index in [4.69, 9.17) is 0 Å². The molecule has 1 aromatic carbocycles. The summed E-state index contributed by atoms with van der Waals surface area (Å²) in [6.07, 6.45) is 2.72. The highest BCUT2D eigenvalue weighted by atomic mass is 19.1. The Morgan fingerprint density at radius 3 is 2.71 bits per heavy atom. The zero-order valence-corrected chi connectivity index (χ0v) is 12.5. The second kappa shape index (κ2) is 6.82. The second-order valence-electron chi connectivity index (χ2n) is 5.05. The third-order valence-electron chi connectivity index (χ3n) is 3.28. The molecule has 0 radical (unpaired) electrons. The van der Waals surface area contributed by atoms with Crippen LogP contribution < -0.4 is 0 Å². The van der Waals surface area contributed by atoms with Gasteiger partial charge in [-0.3, -0.25) is 9.89 Å². The van der Waals surface area contributed by atoms with E-state index in [0.717, 1.165) is 11.6 Å². The van der Waals surface area contributed by atoms with Crippen LogP contribution in [0.2, 0.25) is 0 Å². The van der Waals surface area contributed by atoms with Gasteiger partial charge in [0.2, 0.25) is 5.78 Å². The Kier molecular flexibility index (Phi) is 4.42. The largest absolute Gasteiger partial charge is 0.506 e. The molecule has 0 saturated heterocycles. The predicted octanol–water partition coefficient (Wildman–Crippen LogP) is 2.71. The number of carbonyl (C=O) groups is 1. The van der Waals surface area contributed by atoms with E-state index in [9.17, 15) is 14.3 Å². The molecule has 0 unspecified atom stereocenters. The van der Waals surface area contributed by atoms with Gasteiger partial charge in [0, 0.05) is 18.2 Å². The van der Waals surface area contributed by atoms with Crippen molar-refractivity contribution in [3.05, 3.63) is 83.5 Å². The zero-order chi connectivity index (χ0) is 16.9. The van der Waals surface area contributed by atoms with Crippen LogP contribution in [-0.2, 0) is 6.42 Å². The molecule has 0 spiro atoms. The molecule has 2 aromatic heterocycles. The first kappa shape index (κ1) is 15.5. The standard InChI is InChI=1S/C17H13FN4O2/c18-12-6-4-11(5-7-12)8-13-2-1-3-14(21-13)15(23)9-16(24)17-19-10-20-22-17/h1-7,9-10,23H,8H2,(H,19,20,22). The molecule has 0 fully saturated rings. The highest BCUT2D eigenvalue weighted by Crippen LogP contribution is 2.13. The van der Waals surface area contributed by atoms with Crippen molar-refractivity contribution < 1.29 is 14.3 Å². The van der Waals surface area contributed by atoms with Crippen LogP contribution in [0.4, 0.5) is 4.39 Å². The number of halogens is 1. The molecule has 2 heterocycles.